The van der Waals surface area contributed by atoms with Crippen molar-refractivity contribution in [2.24, 2.45) is 0 Å². The van der Waals surface area contributed by atoms with Crippen LogP contribution in [0.3, 0.4) is 0 Å². The predicted molar refractivity (Wildman–Crippen MR) is 64.7 cm³/mol. The van der Waals surface area contributed by atoms with Gasteiger partial charge in [-0.3, -0.25) is 28.9 Å². The van der Waals surface area contributed by atoms with Crippen molar-refractivity contribution in [3.63, 3.8) is 0 Å². The number of nitrogens with one attached hydrogen (secondary N) is 1. The highest BCUT2D eigenvalue weighted by Gasteiger charge is 2.59. The molecular weight excluding hydrogens is 300 g/mol. The van der Waals surface area contributed by atoms with Gasteiger partial charge in [-0.25, -0.2) is 0 Å². The number of rotatable bonds is 4. The van der Waals surface area contributed by atoms with E-state index in [-0.39, 0.29) is 0 Å². The van der Waals surface area contributed by atoms with Crippen LogP contribution in [0.2, 0.25) is 0 Å². The molecule has 0 saturated carbocycles. The fourth-order valence-electron chi connectivity index (χ4n) is 2.28. The molecule has 0 radical (unpaired) electrons. The summed E-state index contributed by atoms with van der Waals surface area (Å²) in [5.74, 6) is -4.47. The molecule has 2 saturated heterocycles. The van der Waals surface area contributed by atoms with E-state index in [1.54, 1.807) is 0 Å². The standard InChI is InChI=1S/C12H12N2O8/c1-4(16)21-8-9(22-5(2)17)12(20)14(11(8)19)7-6(3-15)13-10(7)18/h3,6-9H,1-2H3,(H,13,18). The van der Waals surface area contributed by atoms with E-state index >= 15 is 0 Å². The van der Waals surface area contributed by atoms with Gasteiger partial charge in [0, 0.05) is 13.8 Å². The second kappa shape index (κ2) is 5.54. The molecule has 4 unspecified atom stereocenters. The second-order valence-electron chi connectivity index (χ2n) is 4.72. The third-order valence-electron chi connectivity index (χ3n) is 3.16. The van der Waals surface area contributed by atoms with E-state index in [1.165, 1.54) is 0 Å². The SMILES string of the molecule is CC(=O)OC1C(=O)N(C2C(=O)NC2C=O)C(=O)C1OC(C)=O. The molecule has 2 heterocycles. The van der Waals surface area contributed by atoms with Gasteiger partial charge in [0.05, 0.1) is 0 Å². The van der Waals surface area contributed by atoms with E-state index in [9.17, 15) is 28.8 Å². The van der Waals surface area contributed by atoms with Crippen LogP contribution < -0.4 is 5.32 Å². The Labute approximate surface area is 123 Å². The van der Waals surface area contributed by atoms with Gasteiger partial charge in [-0.15, -0.1) is 0 Å². The van der Waals surface area contributed by atoms with Crippen LogP contribution in [0.5, 0.6) is 0 Å². The van der Waals surface area contributed by atoms with Gasteiger partial charge in [0.25, 0.3) is 11.8 Å². The molecule has 0 aliphatic carbocycles. The lowest BCUT2D eigenvalue weighted by atomic mass is 9.99. The first-order chi connectivity index (χ1) is 10.3. The van der Waals surface area contributed by atoms with E-state index in [4.69, 9.17) is 9.47 Å². The van der Waals surface area contributed by atoms with Gasteiger partial charge in [-0.1, -0.05) is 0 Å². The molecule has 0 aromatic rings. The maximum Gasteiger partial charge on any atom is 0.303 e. The molecule has 1 N–H and O–H groups in total. The first-order valence-corrected chi connectivity index (χ1v) is 6.25. The highest BCUT2D eigenvalue weighted by atomic mass is 16.6. The number of hydrogen-bond donors (Lipinski definition) is 1. The number of ether oxygens (including phenoxy) is 2. The largest absolute Gasteiger partial charge is 0.448 e. The Morgan fingerprint density at radius 3 is 1.82 bits per heavy atom. The monoisotopic (exact) mass is 312 g/mol. The Morgan fingerprint density at radius 1 is 1.05 bits per heavy atom. The summed E-state index contributed by atoms with van der Waals surface area (Å²) in [5.41, 5.74) is 0. The number of imide groups is 1. The summed E-state index contributed by atoms with van der Waals surface area (Å²) in [5, 5.41) is 2.20. The van der Waals surface area contributed by atoms with Crippen LogP contribution in [-0.4, -0.2) is 65.1 Å². The number of hydrogen-bond acceptors (Lipinski definition) is 8. The molecule has 118 valence electrons. The minimum Gasteiger partial charge on any atom is -0.448 e. The van der Waals surface area contributed by atoms with E-state index in [2.05, 4.69) is 5.32 Å². The van der Waals surface area contributed by atoms with Crippen molar-refractivity contribution in [3.05, 3.63) is 0 Å². The molecule has 0 aromatic heterocycles. The smallest absolute Gasteiger partial charge is 0.303 e. The van der Waals surface area contributed by atoms with Crippen molar-refractivity contribution >= 4 is 35.9 Å². The molecule has 0 aromatic carbocycles. The van der Waals surface area contributed by atoms with Crippen molar-refractivity contribution in [3.8, 4) is 0 Å². The molecule has 10 nitrogen and oxygen atoms in total. The number of carbonyl (C=O) groups is 6. The highest BCUT2D eigenvalue weighted by molar-refractivity contribution is 6.14. The summed E-state index contributed by atoms with van der Waals surface area (Å²) in [4.78, 5) is 69.3. The zero-order valence-electron chi connectivity index (χ0n) is 11.6. The Hall–Kier alpha value is -2.78. The Morgan fingerprint density at radius 2 is 1.50 bits per heavy atom. The summed E-state index contributed by atoms with van der Waals surface area (Å²) in [7, 11) is 0. The lowest BCUT2D eigenvalue weighted by Gasteiger charge is -2.37. The molecule has 3 amide bonds. The third-order valence-corrected chi connectivity index (χ3v) is 3.16. The Balaban J connectivity index is 2.32. The Kier molecular flexibility index (Phi) is 3.93. The molecular formula is C12H12N2O8. The van der Waals surface area contributed by atoms with Gasteiger partial charge < -0.3 is 19.6 Å². The number of likely N-dealkylation sites (tertiary alicyclic amines) is 1. The van der Waals surface area contributed by atoms with E-state index < -0.39 is 54.0 Å². The van der Waals surface area contributed by atoms with Crippen molar-refractivity contribution in [2.45, 2.75) is 38.1 Å². The summed E-state index contributed by atoms with van der Waals surface area (Å²) in [6.45, 7) is 2.02. The van der Waals surface area contributed by atoms with Crippen molar-refractivity contribution in [1.29, 1.82) is 0 Å². The van der Waals surface area contributed by atoms with Crippen LogP contribution in [0.4, 0.5) is 0 Å². The maximum absolute atomic E-state index is 12.2. The predicted octanol–water partition coefficient (Wildman–Crippen LogP) is -2.72. The van der Waals surface area contributed by atoms with E-state index in [1.807, 2.05) is 0 Å². The van der Waals surface area contributed by atoms with Gasteiger partial charge in [0.2, 0.25) is 18.1 Å². The molecule has 2 aliphatic rings. The topological polar surface area (TPSA) is 136 Å². The lowest BCUT2D eigenvalue weighted by molar-refractivity contribution is -0.167. The van der Waals surface area contributed by atoms with Crippen LogP contribution in [0.25, 0.3) is 0 Å². The first-order valence-electron chi connectivity index (χ1n) is 6.25. The molecule has 4 atom stereocenters. The average Bonchev–Trinajstić information content (AvgIpc) is 2.61. The molecule has 2 rings (SSSR count). The van der Waals surface area contributed by atoms with Crippen LogP contribution >= 0.6 is 0 Å². The van der Waals surface area contributed by atoms with E-state index in [0.717, 1.165) is 13.8 Å². The highest BCUT2D eigenvalue weighted by Crippen LogP contribution is 2.26. The molecule has 10 heteroatoms. The van der Waals surface area contributed by atoms with Crippen LogP contribution in [0.1, 0.15) is 13.8 Å². The van der Waals surface area contributed by atoms with Crippen LogP contribution in [0, 0.1) is 0 Å². The lowest BCUT2D eigenvalue weighted by Crippen LogP contribution is -2.71. The second-order valence-corrected chi connectivity index (χ2v) is 4.72. The minimum atomic E-state index is -1.67. The van der Waals surface area contributed by atoms with Gasteiger partial charge >= 0.3 is 11.9 Å². The average molecular weight is 312 g/mol. The number of carbonyl (C=O) groups excluding carboxylic acids is 6. The summed E-state index contributed by atoms with van der Waals surface area (Å²) >= 11 is 0. The molecule has 0 spiro atoms. The Bertz CT molecular complexity index is 552. The first kappa shape index (κ1) is 15.6. The number of esters is 2. The number of β-lactam (4-membered cyclic amide) rings is 1. The summed E-state index contributed by atoms with van der Waals surface area (Å²) in [6, 6.07) is -2.38. The van der Waals surface area contributed by atoms with Crippen molar-refractivity contribution in [2.75, 3.05) is 0 Å². The van der Waals surface area contributed by atoms with Crippen LogP contribution in [-0.2, 0) is 38.2 Å². The number of aldehydes is 1. The third kappa shape index (κ3) is 2.43. The fraction of sp³-hybridized carbons (Fsp3) is 0.500. The quantitative estimate of drug-likeness (QED) is 0.256. The molecule has 0 bridgehead atoms. The molecule has 22 heavy (non-hydrogen) atoms. The van der Waals surface area contributed by atoms with Crippen molar-refractivity contribution in [1.82, 2.24) is 10.2 Å². The zero-order valence-corrected chi connectivity index (χ0v) is 11.6. The maximum atomic E-state index is 12.2. The molecule has 2 fully saturated rings. The van der Waals surface area contributed by atoms with Crippen molar-refractivity contribution < 1.29 is 38.2 Å². The fourth-order valence-corrected chi connectivity index (χ4v) is 2.28. The van der Waals surface area contributed by atoms with Gasteiger partial charge in [-0.2, -0.15) is 0 Å². The van der Waals surface area contributed by atoms with Crippen LogP contribution in [0.15, 0.2) is 0 Å². The van der Waals surface area contributed by atoms with E-state index in [0.29, 0.717) is 11.2 Å². The molecule has 2 aliphatic heterocycles. The zero-order chi connectivity index (χ0) is 16.6. The van der Waals surface area contributed by atoms with Gasteiger partial charge in [-0.05, 0) is 0 Å². The van der Waals surface area contributed by atoms with Gasteiger partial charge in [0.1, 0.15) is 18.4 Å². The number of nitrogens with zero attached hydrogens (tertiary/aromatic N) is 1. The normalized spacial score (nSPS) is 30.5. The summed E-state index contributed by atoms with van der Waals surface area (Å²) < 4.78 is 9.42. The van der Waals surface area contributed by atoms with Gasteiger partial charge in [0.15, 0.2) is 0 Å². The summed E-state index contributed by atoms with van der Waals surface area (Å²) in [6.07, 6.45) is -2.98. The minimum absolute atomic E-state index is 0.368. The number of amides is 3.